The Kier molecular flexibility index (Phi) is 12.7. The van der Waals surface area contributed by atoms with Crippen molar-refractivity contribution in [1.29, 1.82) is 0 Å². The van der Waals surface area contributed by atoms with Crippen molar-refractivity contribution in [1.82, 2.24) is 30.1 Å². The van der Waals surface area contributed by atoms with Crippen molar-refractivity contribution in [3.8, 4) is 11.3 Å². The van der Waals surface area contributed by atoms with E-state index in [4.69, 9.17) is 14.5 Å². The minimum Gasteiger partial charge on any atom is -0.459 e. The summed E-state index contributed by atoms with van der Waals surface area (Å²) in [5, 5.41) is 19.5. The minimum absolute atomic E-state index is 0.00260. The lowest BCUT2D eigenvalue weighted by Crippen LogP contribution is -2.55. The first-order valence-electron chi connectivity index (χ1n) is 16.4. The van der Waals surface area contributed by atoms with Crippen molar-refractivity contribution in [2.75, 3.05) is 56.5 Å². The zero-order valence-electron chi connectivity index (χ0n) is 29.0. The number of carbonyl (C=O) groups excluding carboxylic acids is 2. The molecule has 0 saturated carbocycles. The molecule has 260 valence electrons. The van der Waals surface area contributed by atoms with Gasteiger partial charge in [-0.3, -0.25) is 14.6 Å². The molecule has 4 N–H and O–H groups in total. The molecule has 48 heavy (non-hydrogen) atoms. The number of piperazine rings is 1. The van der Waals surface area contributed by atoms with Crippen molar-refractivity contribution in [2.45, 2.75) is 71.8 Å². The standard InChI is InChI=1S/C35H50N8O5/c1-34(2,3)47-31(45)23-42-17-18-43(28(22-42)24-44)21-25-9-7-10-27(19-25)40-32-37-16-13-29(41-32)26-11-12-30(39-20-26)36-14-8-15-38-33(46)48-35(4,5)6/h7,9-13,16,19-20,28,44H,8,14-15,17-18,21-24H2,1-6H3,(H,36,39)(H,38,46)(H,37,40,41). The maximum absolute atomic E-state index is 12.3. The van der Waals surface area contributed by atoms with Gasteiger partial charge in [-0.25, -0.2) is 19.7 Å². The summed E-state index contributed by atoms with van der Waals surface area (Å²) < 4.78 is 10.7. The first-order chi connectivity index (χ1) is 22.8. The fourth-order valence-electron chi connectivity index (χ4n) is 5.19. The third-order valence-electron chi connectivity index (χ3n) is 7.28. The highest BCUT2D eigenvalue weighted by atomic mass is 16.6. The van der Waals surface area contributed by atoms with E-state index in [1.807, 2.05) is 76.8 Å². The molecular formula is C35H50N8O5. The number of nitrogens with zero attached hydrogens (tertiary/aromatic N) is 5. The van der Waals surface area contributed by atoms with E-state index >= 15 is 0 Å². The molecule has 1 aromatic carbocycles. The van der Waals surface area contributed by atoms with E-state index in [1.54, 1.807) is 12.4 Å². The molecule has 1 aliphatic heterocycles. The molecule has 0 spiro atoms. The molecular weight excluding hydrogens is 612 g/mol. The van der Waals surface area contributed by atoms with Crippen molar-refractivity contribution in [3.05, 3.63) is 60.4 Å². The quantitative estimate of drug-likeness (QED) is 0.151. The molecule has 4 rings (SSSR count). The number of alkyl carbamates (subject to hydrolysis) is 1. The lowest BCUT2D eigenvalue weighted by molar-refractivity contribution is -0.157. The first-order valence-corrected chi connectivity index (χ1v) is 16.4. The Morgan fingerprint density at radius 3 is 2.48 bits per heavy atom. The van der Waals surface area contributed by atoms with Gasteiger partial charge in [0.1, 0.15) is 17.0 Å². The third kappa shape index (κ3) is 12.4. The van der Waals surface area contributed by atoms with E-state index < -0.39 is 17.3 Å². The van der Waals surface area contributed by atoms with Gasteiger partial charge in [0.2, 0.25) is 5.95 Å². The van der Waals surface area contributed by atoms with Gasteiger partial charge in [-0.2, -0.15) is 0 Å². The number of aliphatic hydroxyl groups excluding tert-OH is 1. The van der Waals surface area contributed by atoms with Crippen LogP contribution in [0.4, 0.5) is 22.2 Å². The van der Waals surface area contributed by atoms with Gasteiger partial charge in [0, 0.05) is 69.0 Å². The van der Waals surface area contributed by atoms with E-state index in [9.17, 15) is 14.7 Å². The molecule has 2 aromatic heterocycles. The Labute approximate surface area is 283 Å². The molecule has 13 nitrogen and oxygen atoms in total. The van der Waals surface area contributed by atoms with E-state index in [-0.39, 0.29) is 25.2 Å². The average molecular weight is 663 g/mol. The summed E-state index contributed by atoms with van der Waals surface area (Å²) in [5.41, 5.74) is 2.49. The molecule has 1 fully saturated rings. The number of ether oxygens (including phenoxy) is 2. The number of hydrogen-bond donors (Lipinski definition) is 4. The Morgan fingerprint density at radius 1 is 0.979 bits per heavy atom. The minimum atomic E-state index is -0.520. The van der Waals surface area contributed by atoms with Gasteiger partial charge in [-0.1, -0.05) is 12.1 Å². The van der Waals surface area contributed by atoms with E-state index in [2.05, 4.69) is 43.0 Å². The summed E-state index contributed by atoms with van der Waals surface area (Å²) in [4.78, 5) is 42.0. The van der Waals surface area contributed by atoms with Crippen LogP contribution in [0.3, 0.4) is 0 Å². The van der Waals surface area contributed by atoms with Gasteiger partial charge in [-0.15, -0.1) is 0 Å². The molecule has 3 aromatic rings. The molecule has 13 heteroatoms. The van der Waals surface area contributed by atoms with E-state index in [0.29, 0.717) is 38.7 Å². The molecule has 0 bridgehead atoms. The fraction of sp³-hybridized carbons (Fsp3) is 0.514. The van der Waals surface area contributed by atoms with Gasteiger partial charge in [-0.05, 0) is 83.9 Å². The van der Waals surface area contributed by atoms with Gasteiger partial charge in [0.05, 0.1) is 18.8 Å². The Bertz CT molecular complexity index is 1490. The van der Waals surface area contributed by atoms with Crippen LogP contribution in [0.5, 0.6) is 0 Å². The molecule has 1 atom stereocenters. The van der Waals surface area contributed by atoms with Crippen LogP contribution in [0.25, 0.3) is 11.3 Å². The highest BCUT2D eigenvalue weighted by molar-refractivity contribution is 5.72. The van der Waals surface area contributed by atoms with Crippen LogP contribution < -0.4 is 16.0 Å². The van der Waals surface area contributed by atoms with Crippen LogP contribution in [-0.4, -0.2) is 105 Å². The number of rotatable bonds is 13. The Morgan fingerprint density at radius 2 is 1.77 bits per heavy atom. The second-order valence-electron chi connectivity index (χ2n) is 13.9. The molecule has 1 aliphatic rings. The van der Waals surface area contributed by atoms with Crippen molar-refractivity contribution >= 4 is 29.5 Å². The lowest BCUT2D eigenvalue weighted by atomic mass is 10.1. The summed E-state index contributed by atoms with van der Waals surface area (Å²) in [5.74, 6) is 0.947. The Hall–Kier alpha value is -4.33. The van der Waals surface area contributed by atoms with Gasteiger partial charge < -0.3 is 30.5 Å². The number of esters is 1. The van der Waals surface area contributed by atoms with Gasteiger partial charge in [0.15, 0.2) is 0 Å². The van der Waals surface area contributed by atoms with E-state index in [0.717, 1.165) is 41.3 Å². The largest absolute Gasteiger partial charge is 0.459 e. The SMILES string of the molecule is CC(C)(C)OC(=O)CN1CCN(Cc2cccc(Nc3nccc(-c4ccc(NCCCNC(=O)OC(C)(C)C)nc4)n3)c2)C(CO)C1. The highest BCUT2D eigenvalue weighted by Gasteiger charge is 2.29. The second-order valence-corrected chi connectivity index (χ2v) is 13.9. The van der Waals surface area contributed by atoms with Gasteiger partial charge in [0.25, 0.3) is 0 Å². The number of aromatic nitrogens is 3. The van der Waals surface area contributed by atoms with E-state index in [1.165, 1.54) is 0 Å². The van der Waals surface area contributed by atoms with Crippen LogP contribution >= 0.6 is 0 Å². The number of benzene rings is 1. The number of amides is 1. The first kappa shape index (κ1) is 36.5. The molecule has 1 saturated heterocycles. The van der Waals surface area contributed by atoms with Crippen molar-refractivity contribution in [3.63, 3.8) is 0 Å². The number of hydrogen-bond acceptors (Lipinski definition) is 12. The third-order valence-corrected chi connectivity index (χ3v) is 7.28. The number of nitrogens with one attached hydrogen (secondary N) is 3. The number of anilines is 3. The molecule has 1 amide bonds. The summed E-state index contributed by atoms with van der Waals surface area (Å²) >= 11 is 0. The maximum Gasteiger partial charge on any atom is 0.407 e. The second kappa shape index (κ2) is 16.7. The average Bonchev–Trinajstić information content (AvgIpc) is 3.00. The topological polar surface area (TPSA) is 154 Å². The van der Waals surface area contributed by atoms with Crippen LogP contribution in [0.1, 0.15) is 53.5 Å². The molecule has 0 aliphatic carbocycles. The maximum atomic E-state index is 12.3. The summed E-state index contributed by atoms with van der Waals surface area (Å²) in [6.45, 7) is 15.1. The predicted molar refractivity (Wildman–Crippen MR) is 186 cm³/mol. The zero-order valence-corrected chi connectivity index (χ0v) is 29.0. The summed E-state index contributed by atoms with van der Waals surface area (Å²) in [6, 6.07) is 13.7. The van der Waals surface area contributed by atoms with Gasteiger partial charge >= 0.3 is 12.1 Å². The smallest absolute Gasteiger partial charge is 0.407 e. The summed E-state index contributed by atoms with van der Waals surface area (Å²) in [6.07, 6.45) is 3.77. The monoisotopic (exact) mass is 662 g/mol. The lowest BCUT2D eigenvalue weighted by Gasteiger charge is -2.40. The van der Waals surface area contributed by atoms with Crippen LogP contribution in [0, 0.1) is 0 Å². The van der Waals surface area contributed by atoms with Crippen LogP contribution in [-0.2, 0) is 20.8 Å². The molecule has 1 unspecified atom stereocenters. The fourth-order valence-corrected chi connectivity index (χ4v) is 5.19. The Balaban J connectivity index is 1.27. The number of pyridine rings is 1. The normalized spacial score (nSPS) is 15.9. The molecule has 0 radical (unpaired) electrons. The predicted octanol–water partition coefficient (Wildman–Crippen LogP) is 4.43. The zero-order chi connectivity index (χ0) is 34.7. The summed E-state index contributed by atoms with van der Waals surface area (Å²) in [7, 11) is 0. The van der Waals surface area contributed by atoms with Crippen molar-refractivity contribution < 1.29 is 24.2 Å². The van der Waals surface area contributed by atoms with Crippen LogP contribution in [0.2, 0.25) is 0 Å². The number of aliphatic hydroxyl groups is 1. The molecule has 3 heterocycles. The van der Waals surface area contributed by atoms with Crippen molar-refractivity contribution in [2.24, 2.45) is 0 Å². The highest BCUT2D eigenvalue weighted by Crippen LogP contribution is 2.22. The van der Waals surface area contributed by atoms with Crippen LogP contribution in [0.15, 0.2) is 54.9 Å². The number of carbonyl (C=O) groups is 2.